The van der Waals surface area contributed by atoms with Crippen LogP contribution in [-0.4, -0.2) is 20.1 Å². The van der Waals surface area contributed by atoms with E-state index >= 15 is 0 Å². The van der Waals surface area contributed by atoms with Gasteiger partial charge in [-0.15, -0.1) is 0 Å². The normalized spacial score (nSPS) is 11.1. The predicted molar refractivity (Wildman–Crippen MR) is 88.4 cm³/mol. The van der Waals surface area contributed by atoms with Crippen molar-refractivity contribution in [3.8, 4) is 0 Å². The highest BCUT2D eigenvalue weighted by Gasteiger charge is 2.14. The van der Waals surface area contributed by atoms with Gasteiger partial charge in [-0.25, -0.2) is 8.42 Å². The van der Waals surface area contributed by atoms with E-state index in [0.717, 1.165) is 11.1 Å². The minimum Gasteiger partial charge on any atom is -0.326 e. The van der Waals surface area contributed by atoms with E-state index in [9.17, 15) is 13.2 Å². The zero-order valence-corrected chi connectivity index (χ0v) is 13.3. The van der Waals surface area contributed by atoms with Crippen molar-refractivity contribution in [2.24, 2.45) is 0 Å². The van der Waals surface area contributed by atoms with Gasteiger partial charge in [0.15, 0.2) is 9.84 Å². The van der Waals surface area contributed by atoms with Gasteiger partial charge in [0, 0.05) is 12.1 Å². The fourth-order valence-corrected chi connectivity index (χ4v) is 3.44. The van der Waals surface area contributed by atoms with E-state index in [1.807, 2.05) is 31.2 Å². The molecule has 0 aliphatic heterocycles. The summed E-state index contributed by atoms with van der Waals surface area (Å²) in [6.45, 7) is 1.93. The highest BCUT2D eigenvalue weighted by atomic mass is 32.2. The van der Waals surface area contributed by atoms with Crippen molar-refractivity contribution in [1.29, 1.82) is 0 Å². The molecule has 0 aromatic heterocycles. The molecule has 0 spiro atoms. The quantitative estimate of drug-likeness (QED) is 0.891. The second-order valence-electron chi connectivity index (χ2n) is 5.25. The van der Waals surface area contributed by atoms with Gasteiger partial charge in [-0.05, 0) is 30.2 Å². The van der Waals surface area contributed by atoms with Gasteiger partial charge in [0.05, 0.1) is 11.5 Å². The number of anilines is 1. The Morgan fingerprint density at radius 3 is 2.45 bits per heavy atom. The van der Waals surface area contributed by atoms with Crippen LogP contribution in [-0.2, 0) is 20.4 Å². The number of sulfone groups is 1. The van der Waals surface area contributed by atoms with Crippen LogP contribution in [0.3, 0.4) is 0 Å². The number of carbonyl (C=O) groups is 1. The predicted octanol–water partition coefficient (Wildman–Crippen LogP) is 2.94. The number of amides is 1. The minimum absolute atomic E-state index is 0.0361. The molecule has 5 heteroatoms. The maximum atomic E-state index is 12.0. The molecule has 0 saturated carbocycles. The van der Waals surface area contributed by atoms with Gasteiger partial charge in [-0.2, -0.15) is 0 Å². The Bertz CT molecular complexity index is 740. The van der Waals surface area contributed by atoms with E-state index in [2.05, 4.69) is 5.32 Å². The standard InChI is InChI=1S/C17H19NO3S/c1-14-6-5-9-16(12-14)18-17(19)10-11-22(20,21)13-15-7-3-2-4-8-15/h2-9,12H,10-11,13H2,1H3,(H,18,19). The van der Waals surface area contributed by atoms with Crippen molar-refractivity contribution in [2.45, 2.75) is 19.1 Å². The van der Waals surface area contributed by atoms with Gasteiger partial charge in [0.25, 0.3) is 0 Å². The van der Waals surface area contributed by atoms with Gasteiger partial charge in [-0.1, -0.05) is 42.5 Å². The van der Waals surface area contributed by atoms with Gasteiger partial charge < -0.3 is 5.32 Å². The second kappa shape index (κ2) is 7.22. The van der Waals surface area contributed by atoms with Crippen LogP contribution in [0.15, 0.2) is 54.6 Å². The number of rotatable bonds is 6. The Balaban J connectivity index is 1.87. The zero-order valence-electron chi connectivity index (χ0n) is 12.5. The summed E-state index contributed by atoms with van der Waals surface area (Å²) in [5.74, 6) is -0.479. The molecule has 0 atom stereocenters. The first-order valence-electron chi connectivity index (χ1n) is 7.05. The molecular weight excluding hydrogens is 298 g/mol. The molecule has 116 valence electrons. The SMILES string of the molecule is Cc1cccc(NC(=O)CCS(=O)(=O)Cc2ccccc2)c1. The summed E-state index contributed by atoms with van der Waals surface area (Å²) in [6, 6.07) is 16.4. The third-order valence-electron chi connectivity index (χ3n) is 3.17. The lowest BCUT2D eigenvalue weighted by Gasteiger charge is -2.07. The summed E-state index contributed by atoms with van der Waals surface area (Å²) in [6.07, 6.45) is -0.0386. The Labute approximate surface area is 131 Å². The van der Waals surface area contributed by atoms with E-state index < -0.39 is 9.84 Å². The van der Waals surface area contributed by atoms with Crippen LogP contribution < -0.4 is 5.32 Å². The third kappa shape index (κ3) is 5.33. The summed E-state index contributed by atoms with van der Waals surface area (Å²) in [5, 5.41) is 2.72. The summed E-state index contributed by atoms with van der Waals surface area (Å²) in [4.78, 5) is 11.8. The highest BCUT2D eigenvalue weighted by molar-refractivity contribution is 7.90. The van der Waals surface area contributed by atoms with Crippen LogP contribution in [0.2, 0.25) is 0 Å². The first kappa shape index (κ1) is 16.2. The number of nitrogens with one attached hydrogen (secondary N) is 1. The van der Waals surface area contributed by atoms with Crippen molar-refractivity contribution in [3.05, 3.63) is 65.7 Å². The molecule has 22 heavy (non-hydrogen) atoms. The van der Waals surface area contributed by atoms with E-state index in [-0.39, 0.29) is 23.8 Å². The van der Waals surface area contributed by atoms with Crippen molar-refractivity contribution in [2.75, 3.05) is 11.1 Å². The molecule has 1 N–H and O–H groups in total. The van der Waals surface area contributed by atoms with Crippen LogP contribution in [0.25, 0.3) is 0 Å². The van der Waals surface area contributed by atoms with E-state index in [1.54, 1.807) is 30.3 Å². The molecule has 2 rings (SSSR count). The molecule has 0 aliphatic carbocycles. The van der Waals surface area contributed by atoms with Crippen LogP contribution in [0.5, 0.6) is 0 Å². The average molecular weight is 317 g/mol. The number of carbonyl (C=O) groups excluding carboxylic acids is 1. The summed E-state index contributed by atoms with van der Waals surface area (Å²) < 4.78 is 24.1. The minimum atomic E-state index is -3.29. The lowest BCUT2D eigenvalue weighted by Crippen LogP contribution is -2.18. The molecule has 0 radical (unpaired) electrons. The van der Waals surface area contributed by atoms with Crippen molar-refractivity contribution in [1.82, 2.24) is 0 Å². The Morgan fingerprint density at radius 2 is 1.77 bits per heavy atom. The smallest absolute Gasteiger partial charge is 0.225 e. The highest BCUT2D eigenvalue weighted by Crippen LogP contribution is 2.11. The molecule has 0 fully saturated rings. The fourth-order valence-electron chi connectivity index (χ4n) is 2.09. The number of aryl methyl sites for hydroxylation is 1. The molecule has 0 saturated heterocycles. The third-order valence-corrected chi connectivity index (χ3v) is 4.77. The first-order chi connectivity index (χ1) is 10.4. The largest absolute Gasteiger partial charge is 0.326 e. The van der Waals surface area contributed by atoms with E-state index in [0.29, 0.717) is 5.69 Å². The van der Waals surface area contributed by atoms with Gasteiger partial charge in [-0.3, -0.25) is 4.79 Å². The molecule has 2 aromatic rings. The topological polar surface area (TPSA) is 63.2 Å². The summed E-state index contributed by atoms with van der Waals surface area (Å²) in [7, 11) is -3.29. The lowest BCUT2D eigenvalue weighted by molar-refractivity contribution is -0.115. The molecule has 0 bridgehead atoms. The molecule has 1 amide bonds. The molecule has 0 unspecified atom stereocenters. The van der Waals surface area contributed by atoms with E-state index in [1.165, 1.54) is 0 Å². The lowest BCUT2D eigenvalue weighted by atomic mass is 10.2. The second-order valence-corrected chi connectivity index (χ2v) is 7.43. The van der Waals surface area contributed by atoms with Crippen LogP contribution in [0.4, 0.5) is 5.69 Å². The molecule has 4 nitrogen and oxygen atoms in total. The Morgan fingerprint density at radius 1 is 1.05 bits per heavy atom. The maximum absolute atomic E-state index is 12.0. The Hall–Kier alpha value is -2.14. The summed E-state index contributed by atoms with van der Waals surface area (Å²) >= 11 is 0. The summed E-state index contributed by atoms with van der Waals surface area (Å²) in [5.41, 5.74) is 2.46. The fraction of sp³-hybridized carbons (Fsp3) is 0.235. The molecular formula is C17H19NO3S. The molecule has 0 aliphatic rings. The van der Waals surface area contributed by atoms with Crippen molar-refractivity contribution >= 4 is 21.4 Å². The van der Waals surface area contributed by atoms with Gasteiger partial charge in [0.1, 0.15) is 0 Å². The Kier molecular flexibility index (Phi) is 5.33. The number of hydrogen-bond acceptors (Lipinski definition) is 3. The molecule has 0 heterocycles. The monoisotopic (exact) mass is 317 g/mol. The number of benzene rings is 2. The van der Waals surface area contributed by atoms with Crippen LogP contribution >= 0.6 is 0 Å². The van der Waals surface area contributed by atoms with Crippen molar-refractivity contribution in [3.63, 3.8) is 0 Å². The molecule has 2 aromatic carbocycles. The van der Waals surface area contributed by atoms with E-state index in [4.69, 9.17) is 0 Å². The van der Waals surface area contributed by atoms with Crippen molar-refractivity contribution < 1.29 is 13.2 Å². The van der Waals surface area contributed by atoms with Crippen LogP contribution in [0, 0.1) is 6.92 Å². The van der Waals surface area contributed by atoms with Crippen LogP contribution in [0.1, 0.15) is 17.5 Å². The number of hydrogen-bond donors (Lipinski definition) is 1. The maximum Gasteiger partial charge on any atom is 0.225 e. The average Bonchev–Trinajstić information content (AvgIpc) is 2.46. The van der Waals surface area contributed by atoms with Gasteiger partial charge >= 0.3 is 0 Å². The first-order valence-corrected chi connectivity index (χ1v) is 8.88. The zero-order chi connectivity index (χ0) is 16.0. The van der Waals surface area contributed by atoms with Gasteiger partial charge in [0.2, 0.25) is 5.91 Å².